The molecule has 0 spiro atoms. The van der Waals surface area contributed by atoms with Gasteiger partial charge in [-0.05, 0) is 60.1 Å². The molecule has 1 heterocycles. The molecular weight excluding hydrogens is 462 g/mol. The number of allylic oxidation sites excluding steroid dienone is 1. The summed E-state index contributed by atoms with van der Waals surface area (Å²) in [6.07, 6.45) is -1.36. The molecule has 0 saturated heterocycles. The monoisotopic (exact) mass is 483 g/mol. The lowest BCUT2D eigenvalue weighted by molar-refractivity contribution is -0.274. The molecule has 0 aromatic heterocycles. The van der Waals surface area contributed by atoms with Crippen molar-refractivity contribution in [3.63, 3.8) is 0 Å². The number of hydrogen-bond acceptors (Lipinski definition) is 5. The number of hydrogen-bond donors (Lipinski definition) is 1. The Morgan fingerprint density at radius 1 is 1.06 bits per heavy atom. The Hall–Kier alpha value is -3.14. The molecule has 0 unspecified atom stereocenters. The molecule has 0 bridgehead atoms. The van der Waals surface area contributed by atoms with Crippen molar-refractivity contribution in [3.8, 4) is 5.75 Å². The van der Waals surface area contributed by atoms with Crippen LogP contribution in [-0.2, 0) is 17.7 Å². The van der Waals surface area contributed by atoms with E-state index in [1.54, 1.807) is 24.3 Å². The van der Waals surface area contributed by atoms with Crippen LogP contribution in [0.1, 0.15) is 17.5 Å². The summed E-state index contributed by atoms with van der Waals surface area (Å²) in [5.41, 5.74) is 1.72. The van der Waals surface area contributed by atoms with Crippen molar-refractivity contribution < 1.29 is 36.9 Å². The number of alkyl halides is 3. The van der Waals surface area contributed by atoms with Gasteiger partial charge < -0.3 is 19.5 Å². The smallest absolute Gasteiger partial charge is 0.449 e. The van der Waals surface area contributed by atoms with Crippen LogP contribution < -0.4 is 4.74 Å². The van der Waals surface area contributed by atoms with E-state index >= 15 is 0 Å². The third-order valence-electron chi connectivity index (χ3n) is 4.58. The number of benzene rings is 2. The molecular formula is C23H21F4NO4S. The maximum Gasteiger partial charge on any atom is 0.573 e. The summed E-state index contributed by atoms with van der Waals surface area (Å²) >= 11 is 1.43. The molecule has 1 N–H and O–H groups in total. The fourth-order valence-electron chi connectivity index (χ4n) is 3.18. The molecule has 0 radical (unpaired) electrons. The van der Waals surface area contributed by atoms with Gasteiger partial charge in [-0.15, -0.1) is 24.9 Å². The van der Waals surface area contributed by atoms with E-state index in [0.29, 0.717) is 23.9 Å². The van der Waals surface area contributed by atoms with Crippen LogP contribution >= 0.6 is 11.8 Å². The van der Waals surface area contributed by atoms with Crippen LogP contribution in [0.4, 0.5) is 22.4 Å². The molecule has 0 aliphatic carbocycles. The molecule has 1 aliphatic rings. The molecule has 0 fully saturated rings. The number of rotatable bonds is 9. The maximum absolute atomic E-state index is 13.0. The van der Waals surface area contributed by atoms with Crippen LogP contribution in [0.5, 0.6) is 5.75 Å². The van der Waals surface area contributed by atoms with Crippen LogP contribution in [0.2, 0.25) is 0 Å². The highest BCUT2D eigenvalue weighted by molar-refractivity contribution is 8.03. The van der Waals surface area contributed by atoms with E-state index in [-0.39, 0.29) is 17.3 Å². The zero-order chi connectivity index (χ0) is 23.8. The number of thioether (sulfide) groups is 1. The largest absolute Gasteiger partial charge is 0.573 e. The van der Waals surface area contributed by atoms with Crippen molar-refractivity contribution in [2.24, 2.45) is 0 Å². The zero-order valence-electron chi connectivity index (χ0n) is 17.3. The Kier molecular flexibility index (Phi) is 8.26. The van der Waals surface area contributed by atoms with Gasteiger partial charge in [0.05, 0.1) is 0 Å². The van der Waals surface area contributed by atoms with Crippen molar-refractivity contribution in [1.29, 1.82) is 0 Å². The minimum atomic E-state index is -4.76. The molecule has 33 heavy (non-hydrogen) atoms. The van der Waals surface area contributed by atoms with Crippen molar-refractivity contribution in [1.82, 2.24) is 4.90 Å². The lowest BCUT2D eigenvalue weighted by Gasteiger charge is -2.29. The summed E-state index contributed by atoms with van der Waals surface area (Å²) in [6, 6.07) is 11.8. The van der Waals surface area contributed by atoms with Crippen molar-refractivity contribution >= 4 is 17.9 Å². The number of halogens is 4. The minimum absolute atomic E-state index is 0.192. The fraction of sp³-hybridized carbons (Fsp3) is 0.261. The second-order valence-electron chi connectivity index (χ2n) is 7.09. The predicted molar refractivity (Wildman–Crippen MR) is 116 cm³/mol. The molecule has 0 atom stereocenters. The van der Waals surface area contributed by atoms with Crippen molar-refractivity contribution in [3.05, 3.63) is 88.4 Å². The Bertz CT molecular complexity index is 1000. The van der Waals surface area contributed by atoms with Gasteiger partial charge in [0.15, 0.2) is 5.76 Å². The van der Waals surface area contributed by atoms with Gasteiger partial charge in [-0.1, -0.05) is 30.3 Å². The van der Waals surface area contributed by atoms with E-state index in [4.69, 9.17) is 9.84 Å². The summed E-state index contributed by atoms with van der Waals surface area (Å²) in [7, 11) is 0. The van der Waals surface area contributed by atoms with E-state index in [1.807, 2.05) is 4.90 Å². The lowest BCUT2D eigenvalue weighted by atomic mass is 10.1. The summed E-state index contributed by atoms with van der Waals surface area (Å²) in [6.45, 7) is 0.816. The van der Waals surface area contributed by atoms with Gasteiger partial charge in [-0.25, -0.2) is 9.18 Å². The van der Waals surface area contributed by atoms with Crippen LogP contribution in [0.25, 0.3) is 0 Å². The van der Waals surface area contributed by atoms with Gasteiger partial charge in [-0.2, -0.15) is 0 Å². The first kappa shape index (κ1) is 24.5. The lowest BCUT2D eigenvalue weighted by Crippen LogP contribution is -2.26. The highest BCUT2D eigenvalue weighted by Crippen LogP contribution is 2.31. The molecule has 2 aromatic rings. The van der Waals surface area contributed by atoms with Crippen molar-refractivity contribution in [2.75, 3.05) is 12.3 Å². The molecule has 1 aliphatic heterocycles. The van der Waals surface area contributed by atoms with E-state index < -0.39 is 12.5 Å². The van der Waals surface area contributed by atoms with Gasteiger partial charge in [0.1, 0.15) is 16.6 Å². The average molecular weight is 483 g/mol. The van der Waals surface area contributed by atoms with E-state index in [1.165, 1.54) is 48.2 Å². The van der Waals surface area contributed by atoms with E-state index in [0.717, 1.165) is 24.0 Å². The van der Waals surface area contributed by atoms with Gasteiger partial charge >= 0.3 is 12.5 Å². The van der Waals surface area contributed by atoms with Crippen LogP contribution in [0.15, 0.2) is 71.5 Å². The SMILES string of the molecule is O=C(O)OC1=C(SCCCc2ccc(F)cc2)N(Cc2ccc(OC(F)(F)F)cc2)CC=C1. The maximum atomic E-state index is 13.0. The second-order valence-corrected chi connectivity index (χ2v) is 8.17. The molecule has 5 nitrogen and oxygen atoms in total. The fourth-order valence-corrected chi connectivity index (χ4v) is 4.24. The molecule has 3 rings (SSSR count). The number of ether oxygens (including phenoxy) is 2. The first-order valence-corrected chi connectivity index (χ1v) is 11.0. The third-order valence-corrected chi connectivity index (χ3v) is 5.81. The van der Waals surface area contributed by atoms with E-state index in [9.17, 15) is 22.4 Å². The quantitative estimate of drug-likeness (QED) is 0.256. The summed E-state index contributed by atoms with van der Waals surface area (Å²) in [5, 5.41) is 9.69. The first-order valence-electron chi connectivity index (χ1n) is 9.98. The van der Waals surface area contributed by atoms with E-state index in [2.05, 4.69) is 4.74 Å². The van der Waals surface area contributed by atoms with Gasteiger partial charge in [0.2, 0.25) is 0 Å². The predicted octanol–water partition coefficient (Wildman–Crippen LogP) is 6.33. The Balaban J connectivity index is 1.66. The highest BCUT2D eigenvalue weighted by Gasteiger charge is 2.31. The topological polar surface area (TPSA) is 59.0 Å². The normalized spacial score (nSPS) is 13.9. The summed E-state index contributed by atoms with van der Waals surface area (Å²) in [4.78, 5) is 13.0. The molecule has 176 valence electrons. The number of aryl methyl sites for hydroxylation is 1. The standard InChI is InChI=1S/C23H21F4NO4S/c24-18-9-5-16(6-10-18)3-2-14-33-21-20(31-22(29)30)4-1-13-28(21)15-17-7-11-19(12-8-17)32-23(25,26)27/h1,4-12H,2-3,13-15H2,(H,29,30). The Morgan fingerprint density at radius 3 is 2.36 bits per heavy atom. The number of carbonyl (C=O) groups is 1. The second kappa shape index (κ2) is 11.1. The van der Waals surface area contributed by atoms with Crippen LogP contribution in [-0.4, -0.2) is 34.8 Å². The third kappa shape index (κ3) is 8.05. The van der Waals surface area contributed by atoms with Crippen LogP contribution in [0.3, 0.4) is 0 Å². The van der Waals surface area contributed by atoms with Gasteiger partial charge in [0, 0.05) is 13.1 Å². The zero-order valence-corrected chi connectivity index (χ0v) is 18.2. The average Bonchev–Trinajstić information content (AvgIpc) is 2.74. The number of carboxylic acid groups (broad SMARTS) is 1. The van der Waals surface area contributed by atoms with Gasteiger partial charge in [0.25, 0.3) is 0 Å². The van der Waals surface area contributed by atoms with Gasteiger partial charge in [-0.3, -0.25) is 0 Å². The van der Waals surface area contributed by atoms with Crippen molar-refractivity contribution in [2.45, 2.75) is 25.7 Å². The molecule has 0 saturated carbocycles. The minimum Gasteiger partial charge on any atom is -0.449 e. The highest BCUT2D eigenvalue weighted by atomic mass is 32.2. The van der Waals surface area contributed by atoms with Crippen LogP contribution in [0, 0.1) is 5.82 Å². The molecule has 0 amide bonds. The molecule has 2 aromatic carbocycles. The Labute approximate surface area is 192 Å². The first-order chi connectivity index (χ1) is 15.7. The summed E-state index contributed by atoms with van der Waals surface area (Å²) < 4.78 is 59.0. The number of nitrogens with zero attached hydrogens (tertiary/aromatic N) is 1. The molecule has 10 heteroatoms. The summed E-state index contributed by atoms with van der Waals surface area (Å²) in [5.74, 6) is 0.238. The Morgan fingerprint density at radius 2 is 1.73 bits per heavy atom.